The lowest BCUT2D eigenvalue weighted by atomic mass is 10.1. The fourth-order valence-electron chi connectivity index (χ4n) is 2.69. The van der Waals surface area contributed by atoms with Crippen LogP contribution in [0.1, 0.15) is 0 Å². The topological polar surface area (TPSA) is 70.8 Å². The molecule has 0 bridgehead atoms. The Morgan fingerprint density at radius 2 is 1.41 bits per heavy atom. The molecule has 29 heavy (non-hydrogen) atoms. The lowest BCUT2D eigenvalue weighted by Crippen LogP contribution is -2.13. The van der Waals surface area contributed by atoms with Crippen LogP contribution in [0.15, 0.2) is 89.3 Å². The third-order valence-corrected chi connectivity index (χ3v) is 4.10. The maximum atomic E-state index is 12.2. The first-order valence-electron chi connectivity index (χ1n) is 8.88. The van der Waals surface area contributed by atoms with Gasteiger partial charge in [0.05, 0.1) is 7.11 Å². The van der Waals surface area contributed by atoms with Crippen molar-refractivity contribution in [1.29, 1.82) is 0 Å². The van der Waals surface area contributed by atoms with Gasteiger partial charge in [0, 0.05) is 11.1 Å². The Balaban J connectivity index is 1.65. The van der Waals surface area contributed by atoms with Crippen LogP contribution in [-0.4, -0.2) is 18.2 Å². The molecule has 6 nitrogen and oxygen atoms in total. The summed E-state index contributed by atoms with van der Waals surface area (Å²) in [5.41, 5.74) is 1.87. The molecule has 0 aliphatic rings. The predicted octanol–water partition coefficient (Wildman–Crippen LogP) is 5.60. The van der Waals surface area contributed by atoms with Gasteiger partial charge in [0.25, 0.3) is 0 Å². The minimum Gasteiger partial charge on any atom is -0.497 e. The number of benzene rings is 3. The molecule has 4 aromatic rings. The van der Waals surface area contributed by atoms with Crippen LogP contribution in [-0.2, 0) is 0 Å². The number of carbonyl (C=O) groups excluding carboxylic acids is 1. The third-order valence-electron chi connectivity index (χ3n) is 4.10. The molecule has 0 N–H and O–H groups in total. The zero-order valence-electron chi connectivity index (χ0n) is 15.6. The molecule has 0 fully saturated rings. The summed E-state index contributed by atoms with van der Waals surface area (Å²) in [5.74, 6) is 1.36. The van der Waals surface area contributed by atoms with Crippen molar-refractivity contribution in [2.75, 3.05) is 7.11 Å². The van der Waals surface area contributed by atoms with Crippen molar-refractivity contribution in [3.8, 4) is 40.2 Å². The van der Waals surface area contributed by atoms with E-state index in [1.807, 2.05) is 48.5 Å². The highest BCUT2D eigenvalue weighted by atomic mass is 16.8. The summed E-state index contributed by atoms with van der Waals surface area (Å²) in [6, 6.07) is 25.2. The largest absolute Gasteiger partial charge is 0.521 e. The highest BCUT2D eigenvalue weighted by Gasteiger charge is 2.21. The first-order valence-corrected chi connectivity index (χ1v) is 8.88. The molecule has 6 heteroatoms. The van der Waals surface area contributed by atoms with Crippen molar-refractivity contribution >= 4 is 6.16 Å². The maximum Gasteiger partial charge on any atom is 0.521 e. The van der Waals surface area contributed by atoms with Gasteiger partial charge in [-0.05, 0) is 36.4 Å². The summed E-state index contributed by atoms with van der Waals surface area (Å²) in [7, 11) is 1.60. The average molecular weight is 387 g/mol. The zero-order chi connectivity index (χ0) is 20.1. The number of methoxy groups -OCH3 is 1. The van der Waals surface area contributed by atoms with E-state index in [9.17, 15) is 4.79 Å². The summed E-state index contributed by atoms with van der Waals surface area (Å²) >= 11 is 0. The first-order chi connectivity index (χ1) is 14.2. The van der Waals surface area contributed by atoms with Gasteiger partial charge in [0.15, 0.2) is 5.69 Å². The van der Waals surface area contributed by atoms with E-state index in [0.29, 0.717) is 28.6 Å². The summed E-state index contributed by atoms with van der Waals surface area (Å²) in [5, 5.41) is 0. The van der Waals surface area contributed by atoms with Gasteiger partial charge in [-0.2, -0.15) is 0 Å². The highest BCUT2D eigenvalue weighted by Crippen LogP contribution is 2.35. The van der Waals surface area contributed by atoms with Gasteiger partial charge in [-0.15, -0.1) is 0 Å². The van der Waals surface area contributed by atoms with Crippen LogP contribution < -0.4 is 14.2 Å². The first kappa shape index (κ1) is 18.3. The number of para-hydroxylation sites is 1. The van der Waals surface area contributed by atoms with E-state index in [1.165, 1.54) is 0 Å². The number of carbonyl (C=O) groups is 1. The molecule has 0 spiro atoms. The molecule has 0 saturated carbocycles. The van der Waals surface area contributed by atoms with E-state index >= 15 is 0 Å². The second-order valence-corrected chi connectivity index (χ2v) is 6.02. The quantitative estimate of drug-likeness (QED) is 0.328. The number of nitrogens with zero attached hydrogens (tertiary/aromatic N) is 1. The van der Waals surface area contributed by atoms with Crippen LogP contribution in [0.5, 0.6) is 17.4 Å². The number of rotatable bonds is 5. The van der Waals surface area contributed by atoms with E-state index < -0.39 is 6.16 Å². The van der Waals surface area contributed by atoms with Crippen molar-refractivity contribution < 1.29 is 23.4 Å². The lowest BCUT2D eigenvalue weighted by Gasteiger charge is -2.04. The molecule has 0 radical (unpaired) electrons. The Hall–Kier alpha value is -4.06. The van der Waals surface area contributed by atoms with Crippen LogP contribution in [0.2, 0.25) is 0 Å². The molecule has 4 rings (SSSR count). The molecule has 0 saturated heterocycles. The van der Waals surface area contributed by atoms with Gasteiger partial charge in [0.2, 0.25) is 5.89 Å². The van der Waals surface area contributed by atoms with Crippen LogP contribution in [0, 0.1) is 0 Å². The minimum atomic E-state index is -0.911. The van der Waals surface area contributed by atoms with Crippen molar-refractivity contribution in [1.82, 2.24) is 4.98 Å². The standard InChI is InChI=1S/C23H17NO5/c1-26-18-14-12-17(13-15-18)21-24-20(16-8-4-2-5-9-16)22(28-21)29-23(25)27-19-10-6-3-7-11-19/h2-15H,1H3. The van der Waals surface area contributed by atoms with Crippen LogP contribution >= 0.6 is 0 Å². The van der Waals surface area contributed by atoms with Gasteiger partial charge in [0.1, 0.15) is 11.5 Å². The molecular formula is C23H17NO5. The summed E-state index contributed by atoms with van der Waals surface area (Å²) in [6.45, 7) is 0. The molecule has 0 unspecified atom stereocenters. The predicted molar refractivity (Wildman–Crippen MR) is 107 cm³/mol. The monoisotopic (exact) mass is 387 g/mol. The number of ether oxygens (including phenoxy) is 3. The van der Waals surface area contributed by atoms with Gasteiger partial charge in [-0.25, -0.2) is 9.78 Å². The molecule has 144 valence electrons. The van der Waals surface area contributed by atoms with Crippen LogP contribution in [0.3, 0.4) is 0 Å². The Bertz CT molecular complexity index is 1090. The van der Waals surface area contributed by atoms with Crippen molar-refractivity contribution in [3.05, 3.63) is 84.9 Å². The average Bonchev–Trinajstić information content (AvgIpc) is 3.18. The molecule has 0 aliphatic carbocycles. The summed E-state index contributed by atoms with van der Waals surface area (Å²) in [6.07, 6.45) is -0.911. The number of oxazole rings is 1. The van der Waals surface area contributed by atoms with Crippen molar-refractivity contribution in [2.45, 2.75) is 0 Å². The minimum absolute atomic E-state index is 0.0389. The van der Waals surface area contributed by atoms with Gasteiger partial charge in [-0.3, -0.25) is 0 Å². The molecule has 1 heterocycles. The van der Waals surface area contributed by atoms with Gasteiger partial charge >= 0.3 is 12.1 Å². The molecule has 0 atom stereocenters. The number of aromatic nitrogens is 1. The Morgan fingerprint density at radius 1 is 0.759 bits per heavy atom. The van der Waals surface area contributed by atoms with Crippen molar-refractivity contribution in [2.24, 2.45) is 0 Å². The Labute approximate surface area is 167 Å². The van der Waals surface area contributed by atoms with E-state index in [2.05, 4.69) is 4.98 Å². The fourth-order valence-corrected chi connectivity index (χ4v) is 2.69. The fraction of sp³-hybridized carbons (Fsp3) is 0.0435. The second kappa shape index (κ2) is 8.31. The van der Waals surface area contributed by atoms with E-state index in [-0.39, 0.29) is 5.95 Å². The maximum absolute atomic E-state index is 12.2. The molecule has 3 aromatic carbocycles. The van der Waals surface area contributed by atoms with Crippen molar-refractivity contribution in [3.63, 3.8) is 0 Å². The highest BCUT2D eigenvalue weighted by molar-refractivity contribution is 5.73. The van der Waals surface area contributed by atoms with E-state index in [4.69, 9.17) is 18.6 Å². The summed E-state index contributed by atoms with van der Waals surface area (Å²) in [4.78, 5) is 16.8. The third kappa shape index (κ3) is 4.27. The zero-order valence-corrected chi connectivity index (χ0v) is 15.6. The van der Waals surface area contributed by atoms with Gasteiger partial charge < -0.3 is 18.6 Å². The number of hydrogen-bond donors (Lipinski definition) is 0. The molecular weight excluding hydrogens is 370 g/mol. The Morgan fingerprint density at radius 3 is 2.07 bits per heavy atom. The van der Waals surface area contributed by atoms with Crippen LogP contribution in [0.4, 0.5) is 4.79 Å². The Kier molecular flexibility index (Phi) is 5.25. The molecule has 0 amide bonds. The SMILES string of the molecule is COc1ccc(-c2nc(-c3ccccc3)c(OC(=O)Oc3ccccc3)o2)cc1. The molecule has 1 aromatic heterocycles. The van der Waals surface area contributed by atoms with Crippen LogP contribution in [0.25, 0.3) is 22.7 Å². The van der Waals surface area contributed by atoms with E-state index in [0.717, 1.165) is 5.56 Å². The normalized spacial score (nSPS) is 10.4. The number of hydrogen-bond acceptors (Lipinski definition) is 6. The van der Waals surface area contributed by atoms with Gasteiger partial charge in [-0.1, -0.05) is 48.5 Å². The molecule has 0 aliphatic heterocycles. The van der Waals surface area contributed by atoms with E-state index in [1.54, 1.807) is 43.5 Å². The smallest absolute Gasteiger partial charge is 0.497 e. The summed E-state index contributed by atoms with van der Waals surface area (Å²) < 4.78 is 21.5. The second-order valence-electron chi connectivity index (χ2n) is 6.02. The lowest BCUT2D eigenvalue weighted by molar-refractivity contribution is 0.141.